The number of rotatable bonds is 26. The van der Waals surface area contributed by atoms with Crippen LogP contribution in [0.4, 0.5) is 0 Å². The Kier molecular flexibility index (Phi) is 26.2. The Morgan fingerprint density at radius 1 is 0.558 bits per heavy atom. The molecule has 0 N–H and O–H groups in total. The molecular weight excluding hydrogens is 552 g/mol. The summed E-state index contributed by atoms with van der Waals surface area (Å²) in [4.78, 5) is 4.96. The number of hydrogen-bond donors (Lipinski definition) is 0. The molecule has 0 aromatic heterocycles. The van der Waals surface area contributed by atoms with Crippen molar-refractivity contribution >= 4 is 16.0 Å². The van der Waals surface area contributed by atoms with Crippen molar-refractivity contribution < 1.29 is 17.5 Å². The van der Waals surface area contributed by atoms with Gasteiger partial charge < -0.3 is 4.55 Å². The first-order valence-electron chi connectivity index (χ1n) is 19.3. The summed E-state index contributed by atoms with van der Waals surface area (Å²) in [5, 5.41) is 0. The van der Waals surface area contributed by atoms with E-state index in [2.05, 4.69) is 13.8 Å². The van der Waals surface area contributed by atoms with E-state index in [1.807, 2.05) is 0 Å². The number of fused-ring (bicyclic) bond motifs is 1. The fourth-order valence-electron chi connectivity index (χ4n) is 7.02. The van der Waals surface area contributed by atoms with Crippen LogP contribution in [0, 0.1) is 0 Å². The number of amidine groups is 1. The highest BCUT2D eigenvalue weighted by Gasteiger charge is 2.36. The van der Waals surface area contributed by atoms with E-state index in [1.165, 1.54) is 191 Å². The monoisotopic (exact) mass is 627 g/mol. The van der Waals surface area contributed by atoms with Gasteiger partial charge in [-0.2, -0.15) is 0 Å². The summed E-state index contributed by atoms with van der Waals surface area (Å²) in [6.45, 7) is 9.78. The maximum absolute atomic E-state index is 10.3. The number of aliphatic imine (C=N–C) groups is 1. The molecule has 43 heavy (non-hydrogen) atoms. The molecule has 1 fully saturated rings. The van der Waals surface area contributed by atoms with Crippen molar-refractivity contribution in [2.75, 3.05) is 31.9 Å². The second-order valence-corrected chi connectivity index (χ2v) is 15.3. The molecule has 0 aromatic rings. The normalized spacial score (nSPS) is 18.8. The quantitative estimate of drug-likeness (QED) is 0.0545. The molecular formula is C37H74N2O3S. The van der Waals surface area contributed by atoms with Crippen molar-refractivity contribution in [1.82, 2.24) is 0 Å². The average Bonchev–Trinajstić information content (AvgIpc) is 3.21. The highest BCUT2D eigenvalue weighted by atomic mass is 32.2. The molecule has 1 atom stereocenters. The molecule has 2 rings (SSSR count). The number of unbranched alkanes of at least 4 members (excludes halogenated alkanes) is 22. The predicted octanol–water partition coefficient (Wildman–Crippen LogP) is 11.1. The molecule has 5 nitrogen and oxygen atoms in total. The second kappa shape index (κ2) is 27.8. The standard InChI is InChI=1S/C25H49N2.C12H26O3S/c1-2-3-4-5-6-7-8-9-10-11-12-13-14-17-22-27-23-18-15-16-20-25(27)26-21-19-24-27;1-2-3-4-5-6-7-8-9-10-11-12-16(13,14)15/h2-24H2,1H3;2-12H2,1H3,(H,13,14,15)/q+1;/p-1. The Morgan fingerprint density at radius 3 is 1.44 bits per heavy atom. The van der Waals surface area contributed by atoms with Crippen LogP contribution in [0.25, 0.3) is 0 Å². The summed E-state index contributed by atoms with van der Waals surface area (Å²) in [7, 11) is -3.98. The molecule has 0 amide bonds. The van der Waals surface area contributed by atoms with Crippen molar-refractivity contribution in [1.29, 1.82) is 0 Å². The molecule has 0 aliphatic carbocycles. The lowest BCUT2D eigenvalue weighted by atomic mass is 10.0. The van der Waals surface area contributed by atoms with Crippen LogP contribution in [-0.4, -0.2) is 55.2 Å². The van der Waals surface area contributed by atoms with Crippen molar-refractivity contribution in [3.8, 4) is 0 Å². The fourth-order valence-corrected chi connectivity index (χ4v) is 7.58. The first-order valence-corrected chi connectivity index (χ1v) is 20.8. The first-order chi connectivity index (χ1) is 20.9. The Labute approximate surface area is 269 Å². The minimum atomic E-state index is -3.98. The number of quaternary nitrogens is 1. The zero-order valence-corrected chi connectivity index (χ0v) is 29.9. The van der Waals surface area contributed by atoms with Crippen LogP contribution in [0.2, 0.25) is 0 Å². The van der Waals surface area contributed by atoms with E-state index in [4.69, 9.17) is 4.99 Å². The first kappa shape index (κ1) is 40.6. The van der Waals surface area contributed by atoms with Gasteiger partial charge in [-0.1, -0.05) is 149 Å². The maximum Gasteiger partial charge on any atom is 0.198 e. The lowest BCUT2D eigenvalue weighted by Gasteiger charge is -2.40. The minimum Gasteiger partial charge on any atom is -0.748 e. The van der Waals surface area contributed by atoms with Crippen molar-refractivity contribution in [2.24, 2.45) is 4.99 Å². The summed E-state index contributed by atoms with van der Waals surface area (Å²) in [5.74, 6) is 1.39. The van der Waals surface area contributed by atoms with Gasteiger partial charge in [0.25, 0.3) is 0 Å². The summed E-state index contributed by atoms with van der Waals surface area (Å²) in [6.07, 6.45) is 38.7. The summed E-state index contributed by atoms with van der Waals surface area (Å²) < 4.78 is 32.2. The zero-order valence-electron chi connectivity index (χ0n) is 29.1. The lowest BCUT2D eigenvalue weighted by Crippen LogP contribution is -2.55. The molecule has 2 aliphatic rings. The zero-order chi connectivity index (χ0) is 31.3. The van der Waals surface area contributed by atoms with Gasteiger partial charge in [0.1, 0.15) is 0 Å². The summed E-state index contributed by atoms with van der Waals surface area (Å²) in [5.41, 5.74) is 0. The lowest BCUT2D eigenvalue weighted by molar-refractivity contribution is -0.845. The van der Waals surface area contributed by atoms with Crippen LogP contribution in [0.3, 0.4) is 0 Å². The molecule has 1 unspecified atom stereocenters. The van der Waals surface area contributed by atoms with Gasteiger partial charge in [-0.15, -0.1) is 0 Å². The van der Waals surface area contributed by atoms with E-state index in [0.29, 0.717) is 6.42 Å². The molecule has 0 aromatic carbocycles. The topological polar surface area (TPSA) is 69.6 Å². The molecule has 6 heteroatoms. The van der Waals surface area contributed by atoms with E-state index in [0.717, 1.165) is 19.4 Å². The Hall–Kier alpha value is -0.460. The van der Waals surface area contributed by atoms with E-state index >= 15 is 0 Å². The van der Waals surface area contributed by atoms with Gasteiger partial charge in [0.15, 0.2) is 5.84 Å². The van der Waals surface area contributed by atoms with Crippen LogP contribution < -0.4 is 0 Å². The molecule has 2 aliphatic heterocycles. The van der Waals surface area contributed by atoms with Crippen molar-refractivity contribution in [3.05, 3.63) is 0 Å². The molecule has 0 bridgehead atoms. The van der Waals surface area contributed by atoms with Gasteiger partial charge in [0.2, 0.25) is 0 Å². The highest BCUT2D eigenvalue weighted by Crippen LogP contribution is 2.26. The smallest absolute Gasteiger partial charge is 0.198 e. The molecule has 2 heterocycles. The van der Waals surface area contributed by atoms with E-state index in [9.17, 15) is 13.0 Å². The predicted molar refractivity (Wildman–Crippen MR) is 187 cm³/mol. The van der Waals surface area contributed by atoms with E-state index < -0.39 is 10.1 Å². The van der Waals surface area contributed by atoms with Gasteiger partial charge in [0.05, 0.1) is 29.8 Å². The third-order valence-electron chi connectivity index (χ3n) is 9.76. The third-order valence-corrected chi connectivity index (χ3v) is 10.5. The summed E-state index contributed by atoms with van der Waals surface area (Å²) in [6, 6.07) is 0. The van der Waals surface area contributed by atoms with Gasteiger partial charge in [-0.05, 0) is 38.5 Å². The van der Waals surface area contributed by atoms with Crippen molar-refractivity contribution in [2.45, 2.75) is 200 Å². The second-order valence-electron chi connectivity index (χ2n) is 13.8. The van der Waals surface area contributed by atoms with E-state index in [-0.39, 0.29) is 5.75 Å². The van der Waals surface area contributed by atoms with Crippen LogP contribution in [0.1, 0.15) is 200 Å². The number of nitrogens with zero attached hydrogens (tertiary/aromatic N) is 2. The maximum atomic E-state index is 10.3. The van der Waals surface area contributed by atoms with Crippen LogP contribution >= 0.6 is 0 Å². The Balaban J connectivity index is 0.000000496. The minimum absolute atomic E-state index is 0.191. The van der Waals surface area contributed by atoms with Crippen LogP contribution in [0.15, 0.2) is 4.99 Å². The largest absolute Gasteiger partial charge is 0.748 e. The van der Waals surface area contributed by atoms with Gasteiger partial charge >= 0.3 is 0 Å². The number of hydrogen-bond acceptors (Lipinski definition) is 4. The van der Waals surface area contributed by atoms with Gasteiger partial charge in [0, 0.05) is 25.1 Å². The molecule has 0 saturated carbocycles. The Morgan fingerprint density at radius 2 is 0.977 bits per heavy atom. The Bertz CT molecular complexity index is 755. The van der Waals surface area contributed by atoms with Crippen LogP contribution in [0.5, 0.6) is 0 Å². The highest BCUT2D eigenvalue weighted by molar-refractivity contribution is 7.85. The molecule has 256 valence electrons. The van der Waals surface area contributed by atoms with Crippen LogP contribution in [-0.2, 0) is 10.1 Å². The SMILES string of the molecule is CCCCCCCCCCCCCCCC[N+]12CCCCCC1=NCCC2.CCCCCCCCCCCCS(=O)(=O)[O-]. The molecule has 0 spiro atoms. The third kappa shape index (κ3) is 23.5. The molecule has 0 radical (unpaired) electrons. The van der Waals surface area contributed by atoms with Gasteiger partial charge in [-0.25, -0.2) is 13.4 Å². The van der Waals surface area contributed by atoms with Crippen molar-refractivity contribution in [3.63, 3.8) is 0 Å². The van der Waals surface area contributed by atoms with Gasteiger partial charge in [-0.3, -0.25) is 4.48 Å². The fraction of sp³-hybridized carbons (Fsp3) is 0.973. The molecule has 1 saturated heterocycles. The average molecular weight is 627 g/mol. The summed E-state index contributed by atoms with van der Waals surface area (Å²) >= 11 is 0. The van der Waals surface area contributed by atoms with E-state index in [1.54, 1.807) is 5.84 Å².